The van der Waals surface area contributed by atoms with Crippen LogP contribution < -0.4 is 0 Å². The summed E-state index contributed by atoms with van der Waals surface area (Å²) in [7, 11) is 0. The fraction of sp³-hybridized carbons (Fsp3) is 0.754. The van der Waals surface area contributed by atoms with E-state index in [1.54, 1.807) is 0 Å². The Hall–Kier alpha value is -3.15. The first-order valence-electron chi connectivity index (χ1n) is 28.5. The molecule has 0 rings (SSSR count). The zero-order valence-corrected chi connectivity index (χ0v) is 44.2. The summed E-state index contributed by atoms with van der Waals surface area (Å²) >= 11 is 0. The molecule has 0 fully saturated rings. The number of carbonyl (C=O) groups excluding carboxylic acids is 3. The standard InChI is InChI=1S/C61H106O6/c1-4-7-10-13-16-19-22-25-28-30-31-34-36-39-42-45-48-51-54-60(63)66-57-58(56-65-59(62)53-50-47-44-41-38-35-32-27-24-21-18-15-12-9-6-3)67-61(64)55-52-49-46-43-40-37-33-29-26-23-20-17-14-11-8-5-2/h10,13,16,19,22,25,28-31,33-34,58H,4-9,11-12,14-15,17-18,20-21,23-24,26-27,32,35-57H2,1-3H3/b13-10-,19-16-,25-22-,30-28-,33-29-,34-31-. The van der Waals surface area contributed by atoms with Crippen LogP contribution >= 0.6 is 0 Å². The van der Waals surface area contributed by atoms with E-state index in [1.807, 2.05) is 24.3 Å². The second-order valence-corrected chi connectivity index (χ2v) is 19.0. The van der Waals surface area contributed by atoms with E-state index in [4.69, 9.17) is 14.2 Å². The lowest BCUT2D eigenvalue weighted by atomic mass is 10.0. The van der Waals surface area contributed by atoms with E-state index >= 15 is 0 Å². The maximum atomic E-state index is 12.8. The van der Waals surface area contributed by atoms with Gasteiger partial charge < -0.3 is 14.2 Å². The molecule has 1 unspecified atom stereocenters. The zero-order valence-electron chi connectivity index (χ0n) is 44.2. The Balaban J connectivity index is 4.44. The third-order valence-electron chi connectivity index (χ3n) is 12.3. The van der Waals surface area contributed by atoms with Crippen LogP contribution in [-0.2, 0) is 28.6 Å². The van der Waals surface area contributed by atoms with Gasteiger partial charge in [-0.15, -0.1) is 0 Å². The normalized spacial score (nSPS) is 12.6. The minimum absolute atomic E-state index is 0.0850. The van der Waals surface area contributed by atoms with Gasteiger partial charge in [0, 0.05) is 19.3 Å². The number of carbonyl (C=O) groups is 3. The smallest absolute Gasteiger partial charge is 0.306 e. The number of ether oxygens (including phenoxy) is 3. The molecule has 0 aliphatic rings. The second-order valence-electron chi connectivity index (χ2n) is 19.0. The van der Waals surface area contributed by atoms with Crippen LogP contribution in [0.4, 0.5) is 0 Å². The summed E-state index contributed by atoms with van der Waals surface area (Å²) in [5.41, 5.74) is 0. The highest BCUT2D eigenvalue weighted by Gasteiger charge is 2.19. The lowest BCUT2D eigenvalue weighted by Crippen LogP contribution is -2.30. The van der Waals surface area contributed by atoms with Gasteiger partial charge in [0.1, 0.15) is 13.2 Å². The SMILES string of the molecule is CCC\C=C/C=C\C=C/C=C\C=C/CCCCCCCC(=O)OCC(COC(=O)CCCCCCCCCCCCCCCCC)OC(=O)CCCCCCC/C=C\CCCCCCCCC. The third kappa shape index (κ3) is 53.7. The van der Waals surface area contributed by atoms with Crippen LogP contribution in [0.5, 0.6) is 0 Å². The van der Waals surface area contributed by atoms with Crippen molar-refractivity contribution >= 4 is 17.9 Å². The first-order chi connectivity index (χ1) is 33.0. The van der Waals surface area contributed by atoms with E-state index in [1.165, 1.54) is 141 Å². The topological polar surface area (TPSA) is 78.9 Å². The van der Waals surface area contributed by atoms with Gasteiger partial charge in [0.2, 0.25) is 0 Å². The molecule has 1 atom stereocenters. The molecular formula is C61H106O6. The molecule has 0 heterocycles. The van der Waals surface area contributed by atoms with Gasteiger partial charge in [-0.2, -0.15) is 0 Å². The Morgan fingerprint density at radius 1 is 0.299 bits per heavy atom. The van der Waals surface area contributed by atoms with Crippen LogP contribution in [0.2, 0.25) is 0 Å². The Bertz CT molecular complexity index is 1260. The Kier molecular flexibility index (Phi) is 52.8. The highest BCUT2D eigenvalue weighted by atomic mass is 16.6. The van der Waals surface area contributed by atoms with Crippen molar-refractivity contribution < 1.29 is 28.6 Å². The summed E-state index contributed by atoms with van der Waals surface area (Å²) in [5.74, 6) is -0.910. The van der Waals surface area contributed by atoms with Crippen molar-refractivity contribution in [1.29, 1.82) is 0 Å². The minimum atomic E-state index is -0.789. The molecule has 386 valence electrons. The number of hydrogen-bond donors (Lipinski definition) is 0. The molecule has 0 saturated carbocycles. The molecule has 6 nitrogen and oxygen atoms in total. The lowest BCUT2D eigenvalue weighted by molar-refractivity contribution is -0.167. The van der Waals surface area contributed by atoms with Crippen molar-refractivity contribution in [3.05, 3.63) is 72.9 Å². The molecule has 0 saturated heterocycles. The predicted molar refractivity (Wildman–Crippen MR) is 288 cm³/mol. The van der Waals surface area contributed by atoms with Crippen LogP contribution in [0.15, 0.2) is 72.9 Å². The highest BCUT2D eigenvalue weighted by Crippen LogP contribution is 2.16. The van der Waals surface area contributed by atoms with Crippen molar-refractivity contribution in [3.8, 4) is 0 Å². The van der Waals surface area contributed by atoms with Crippen molar-refractivity contribution in [2.45, 2.75) is 284 Å². The molecule has 0 bridgehead atoms. The fourth-order valence-corrected chi connectivity index (χ4v) is 8.00. The van der Waals surface area contributed by atoms with Gasteiger partial charge in [-0.05, 0) is 64.2 Å². The van der Waals surface area contributed by atoms with Gasteiger partial charge in [0.15, 0.2) is 6.10 Å². The van der Waals surface area contributed by atoms with Crippen molar-refractivity contribution in [3.63, 3.8) is 0 Å². The average molecular weight is 936 g/mol. The van der Waals surface area contributed by atoms with Gasteiger partial charge in [0.25, 0.3) is 0 Å². The molecule has 0 aliphatic carbocycles. The van der Waals surface area contributed by atoms with E-state index in [9.17, 15) is 14.4 Å². The Labute approximate surface area is 414 Å². The van der Waals surface area contributed by atoms with Crippen LogP contribution in [0.25, 0.3) is 0 Å². The molecule has 0 aromatic heterocycles. The molecule has 0 aromatic rings. The van der Waals surface area contributed by atoms with Crippen molar-refractivity contribution in [1.82, 2.24) is 0 Å². The minimum Gasteiger partial charge on any atom is -0.462 e. The largest absolute Gasteiger partial charge is 0.462 e. The predicted octanol–water partition coefficient (Wildman–Crippen LogP) is 19.0. The van der Waals surface area contributed by atoms with Gasteiger partial charge in [-0.25, -0.2) is 0 Å². The third-order valence-corrected chi connectivity index (χ3v) is 12.3. The first kappa shape index (κ1) is 63.8. The number of hydrogen-bond acceptors (Lipinski definition) is 6. The maximum absolute atomic E-state index is 12.8. The lowest BCUT2D eigenvalue weighted by Gasteiger charge is -2.18. The van der Waals surface area contributed by atoms with Gasteiger partial charge >= 0.3 is 17.9 Å². The molecule has 6 heteroatoms. The molecule has 0 spiro atoms. The van der Waals surface area contributed by atoms with Gasteiger partial charge in [-0.1, -0.05) is 267 Å². The number of rotatable bonds is 51. The molecular weight excluding hydrogens is 829 g/mol. The first-order valence-corrected chi connectivity index (χ1v) is 28.5. The summed E-state index contributed by atoms with van der Waals surface area (Å²) in [6, 6.07) is 0. The zero-order chi connectivity index (χ0) is 48.6. The number of allylic oxidation sites excluding steroid dienone is 12. The molecule has 0 radical (unpaired) electrons. The van der Waals surface area contributed by atoms with Crippen LogP contribution in [-0.4, -0.2) is 37.2 Å². The van der Waals surface area contributed by atoms with E-state index in [-0.39, 0.29) is 31.1 Å². The quantitative estimate of drug-likeness (QED) is 0.0199. The van der Waals surface area contributed by atoms with E-state index in [0.29, 0.717) is 19.3 Å². The van der Waals surface area contributed by atoms with Crippen LogP contribution in [0.1, 0.15) is 278 Å². The summed E-state index contributed by atoms with van der Waals surface area (Å²) in [6.45, 7) is 6.54. The van der Waals surface area contributed by atoms with Gasteiger partial charge in [-0.3, -0.25) is 14.4 Å². The van der Waals surface area contributed by atoms with E-state index < -0.39 is 6.10 Å². The molecule has 67 heavy (non-hydrogen) atoms. The van der Waals surface area contributed by atoms with Crippen LogP contribution in [0.3, 0.4) is 0 Å². The number of unbranched alkanes of at least 4 members (excludes halogenated alkanes) is 32. The van der Waals surface area contributed by atoms with Crippen molar-refractivity contribution in [2.75, 3.05) is 13.2 Å². The molecule has 0 amide bonds. The highest BCUT2D eigenvalue weighted by molar-refractivity contribution is 5.71. The second kappa shape index (κ2) is 55.4. The van der Waals surface area contributed by atoms with Crippen molar-refractivity contribution in [2.24, 2.45) is 0 Å². The number of esters is 3. The average Bonchev–Trinajstić information content (AvgIpc) is 3.33. The maximum Gasteiger partial charge on any atom is 0.306 e. The Morgan fingerprint density at radius 2 is 0.582 bits per heavy atom. The van der Waals surface area contributed by atoms with E-state index in [0.717, 1.165) is 96.3 Å². The monoisotopic (exact) mass is 935 g/mol. The molecule has 0 aromatic carbocycles. The summed E-state index contributed by atoms with van der Waals surface area (Å²) in [4.78, 5) is 38.1. The fourth-order valence-electron chi connectivity index (χ4n) is 8.00. The summed E-state index contributed by atoms with van der Waals surface area (Å²) in [6.07, 6.45) is 70.2. The summed E-state index contributed by atoms with van der Waals surface area (Å²) < 4.78 is 16.8. The van der Waals surface area contributed by atoms with Crippen LogP contribution in [0, 0.1) is 0 Å². The summed E-state index contributed by atoms with van der Waals surface area (Å²) in [5, 5.41) is 0. The van der Waals surface area contributed by atoms with Gasteiger partial charge in [0.05, 0.1) is 0 Å². The van der Waals surface area contributed by atoms with E-state index in [2.05, 4.69) is 69.4 Å². The Morgan fingerprint density at radius 3 is 0.940 bits per heavy atom. The molecule has 0 aliphatic heterocycles. The molecule has 0 N–H and O–H groups in total.